The van der Waals surface area contributed by atoms with E-state index in [0.717, 1.165) is 11.3 Å². The van der Waals surface area contributed by atoms with Crippen LogP contribution >= 0.6 is 0 Å². The van der Waals surface area contributed by atoms with Crippen LogP contribution in [0.1, 0.15) is 15.9 Å². The third kappa shape index (κ3) is 3.36. The highest BCUT2D eigenvalue weighted by Crippen LogP contribution is 2.16. The van der Waals surface area contributed by atoms with Crippen LogP contribution in [0.25, 0.3) is 0 Å². The minimum atomic E-state index is -0.352. The predicted molar refractivity (Wildman–Crippen MR) is 82.8 cm³/mol. The molecule has 0 aliphatic carbocycles. The Morgan fingerprint density at radius 1 is 1.36 bits per heavy atom. The fraction of sp³-hybridized carbons (Fsp3) is 0.400. The maximum Gasteiger partial charge on any atom is 0.324 e. The normalized spacial score (nSPS) is 13.8. The SMILES string of the molecule is Cc1cc(NCC(=O)N2CCNC2=O)ccc1C(=O)N(C)C. The Hall–Kier alpha value is -2.57. The zero-order chi connectivity index (χ0) is 16.3. The molecule has 4 amide bonds. The molecule has 1 aromatic rings. The second-order valence-corrected chi connectivity index (χ2v) is 5.36. The van der Waals surface area contributed by atoms with Gasteiger partial charge in [0.15, 0.2) is 0 Å². The fourth-order valence-electron chi connectivity index (χ4n) is 2.24. The minimum Gasteiger partial charge on any atom is -0.376 e. The van der Waals surface area contributed by atoms with Crippen molar-refractivity contribution in [2.45, 2.75) is 6.92 Å². The minimum absolute atomic E-state index is 0.0355. The van der Waals surface area contributed by atoms with E-state index >= 15 is 0 Å². The number of anilines is 1. The lowest BCUT2D eigenvalue weighted by Crippen LogP contribution is -2.38. The third-order valence-electron chi connectivity index (χ3n) is 3.46. The largest absolute Gasteiger partial charge is 0.376 e. The maximum atomic E-state index is 12.0. The van der Waals surface area contributed by atoms with Gasteiger partial charge >= 0.3 is 6.03 Å². The number of urea groups is 1. The number of carbonyl (C=O) groups is 3. The van der Waals surface area contributed by atoms with Crippen LogP contribution in [-0.4, -0.2) is 61.4 Å². The Morgan fingerprint density at radius 2 is 2.09 bits per heavy atom. The van der Waals surface area contributed by atoms with Gasteiger partial charge in [-0.2, -0.15) is 0 Å². The standard InChI is InChI=1S/C15H20N4O3/c1-10-8-11(4-5-12(10)14(21)18(2)3)17-9-13(20)19-7-6-16-15(19)22/h4-5,8,17H,6-7,9H2,1-3H3,(H,16,22). The predicted octanol–water partition coefficient (Wildman–Crippen LogP) is 0.661. The number of imide groups is 1. The van der Waals surface area contributed by atoms with Crippen molar-refractivity contribution in [1.82, 2.24) is 15.1 Å². The molecule has 2 rings (SSSR count). The smallest absolute Gasteiger partial charge is 0.324 e. The number of nitrogens with one attached hydrogen (secondary N) is 2. The van der Waals surface area contributed by atoms with Gasteiger partial charge in [0.05, 0.1) is 6.54 Å². The van der Waals surface area contributed by atoms with E-state index < -0.39 is 0 Å². The average Bonchev–Trinajstić information content (AvgIpc) is 2.90. The Kier molecular flexibility index (Phi) is 4.65. The first-order valence-electron chi connectivity index (χ1n) is 7.04. The lowest BCUT2D eigenvalue weighted by molar-refractivity contribution is -0.125. The first kappa shape index (κ1) is 15.8. The van der Waals surface area contributed by atoms with Gasteiger partial charge in [-0.25, -0.2) is 4.79 Å². The molecule has 0 radical (unpaired) electrons. The van der Waals surface area contributed by atoms with E-state index in [1.54, 1.807) is 26.2 Å². The van der Waals surface area contributed by atoms with E-state index in [9.17, 15) is 14.4 Å². The number of aryl methyl sites for hydroxylation is 1. The molecular weight excluding hydrogens is 284 g/mol. The Bertz CT molecular complexity index is 613. The topological polar surface area (TPSA) is 81.8 Å². The lowest BCUT2D eigenvalue weighted by atomic mass is 10.1. The van der Waals surface area contributed by atoms with Crippen LogP contribution in [0.5, 0.6) is 0 Å². The highest BCUT2D eigenvalue weighted by Gasteiger charge is 2.25. The van der Waals surface area contributed by atoms with Crippen LogP contribution in [0.4, 0.5) is 10.5 Å². The summed E-state index contributed by atoms with van der Waals surface area (Å²) in [4.78, 5) is 38.0. The summed E-state index contributed by atoms with van der Waals surface area (Å²) >= 11 is 0. The highest BCUT2D eigenvalue weighted by atomic mass is 16.2. The lowest BCUT2D eigenvalue weighted by Gasteiger charge is -2.15. The molecule has 0 atom stereocenters. The van der Waals surface area contributed by atoms with Gasteiger partial charge in [-0.3, -0.25) is 14.5 Å². The molecule has 0 spiro atoms. The molecule has 0 aromatic heterocycles. The number of hydrogen-bond donors (Lipinski definition) is 2. The number of carbonyl (C=O) groups excluding carboxylic acids is 3. The van der Waals surface area contributed by atoms with Gasteiger partial charge in [0, 0.05) is 38.4 Å². The molecule has 1 aliphatic heterocycles. The van der Waals surface area contributed by atoms with E-state index in [2.05, 4.69) is 10.6 Å². The van der Waals surface area contributed by atoms with E-state index in [4.69, 9.17) is 0 Å². The van der Waals surface area contributed by atoms with Crippen LogP contribution in [0.2, 0.25) is 0 Å². The molecule has 1 heterocycles. The molecule has 0 unspecified atom stereocenters. The summed E-state index contributed by atoms with van der Waals surface area (Å²) in [7, 11) is 3.40. The van der Waals surface area contributed by atoms with Gasteiger partial charge in [0.1, 0.15) is 0 Å². The molecule has 22 heavy (non-hydrogen) atoms. The van der Waals surface area contributed by atoms with Crippen molar-refractivity contribution >= 4 is 23.5 Å². The summed E-state index contributed by atoms with van der Waals surface area (Å²) in [6.45, 7) is 2.77. The van der Waals surface area contributed by atoms with Crippen molar-refractivity contribution in [3.8, 4) is 0 Å². The molecule has 7 nitrogen and oxygen atoms in total. The Morgan fingerprint density at radius 3 is 2.64 bits per heavy atom. The molecule has 2 N–H and O–H groups in total. The molecule has 0 saturated carbocycles. The van der Waals surface area contributed by atoms with Crippen LogP contribution in [0.15, 0.2) is 18.2 Å². The first-order chi connectivity index (χ1) is 10.4. The molecule has 0 bridgehead atoms. The van der Waals surface area contributed by atoms with Gasteiger partial charge in [-0.15, -0.1) is 0 Å². The van der Waals surface area contributed by atoms with E-state index in [0.29, 0.717) is 18.7 Å². The van der Waals surface area contributed by atoms with Crippen LogP contribution in [0.3, 0.4) is 0 Å². The zero-order valence-electron chi connectivity index (χ0n) is 13.0. The molecule has 1 aromatic carbocycles. The van der Waals surface area contributed by atoms with E-state index in [-0.39, 0.29) is 24.4 Å². The first-order valence-corrected chi connectivity index (χ1v) is 7.04. The zero-order valence-corrected chi connectivity index (χ0v) is 13.0. The number of nitrogens with zero attached hydrogens (tertiary/aromatic N) is 2. The molecule has 1 aliphatic rings. The van der Waals surface area contributed by atoms with Crippen LogP contribution < -0.4 is 10.6 Å². The van der Waals surface area contributed by atoms with Crippen molar-refractivity contribution in [2.24, 2.45) is 0 Å². The molecular formula is C15H20N4O3. The summed E-state index contributed by atoms with van der Waals surface area (Å²) in [5.41, 5.74) is 2.19. The average molecular weight is 304 g/mol. The Labute approximate surface area is 129 Å². The van der Waals surface area contributed by atoms with Gasteiger partial charge in [0.25, 0.3) is 5.91 Å². The summed E-state index contributed by atoms with van der Waals surface area (Å²) < 4.78 is 0. The quantitative estimate of drug-likeness (QED) is 0.856. The van der Waals surface area contributed by atoms with Crippen molar-refractivity contribution in [3.63, 3.8) is 0 Å². The monoisotopic (exact) mass is 304 g/mol. The van der Waals surface area contributed by atoms with E-state index in [1.807, 2.05) is 13.0 Å². The van der Waals surface area contributed by atoms with E-state index in [1.165, 1.54) is 9.80 Å². The van der Waals surface area contributed by atoms with Crippen molar-refractivity contribution < 1.29 is 14.4 Å². The molecule has 7 heteroatoms. The van der Waals surface area contributed by atoms with Crippen molar-refractivity contribution in [1.29, 1.82) is 0 Å². The molecule has 1 saturated heterocycles. The Balaban J connectivity index is 1.99. The number of rotatable bonds is 4. The van der Waals surface area contributed by atoms with Crippen molar-refractivity contribution in [3.05, 3.63) is 29.3 Å². The van der Waals surface area contributed by atoms with Gasteiger partial charge < -0.3 is 15.5 Å². The third-order valence-corrected chi connectivity index (χ3v) is 3.46. The van der Waals surface area contributed by atoms with Gasteiger partial charge in [-0.05, 0) is 30.7 Å². The van der Waals surface area contributed by atoms with Crippen LogP contribution in [0, 0.1) is 6.92 Å². The van der Waals surface area contributed by atoms with Crippen LogP contribution in [-0.2, 0) is 4.79 Å². The maximum absolute atomic E-state index is 12.0. The second-order valence-electron chi connectivity index (χ2n) is 5.36. The van der Waals surface area contributed by atoms with Gasteiger partial charge in [0.2, 0.25) is 5.91 Å². The summed E-state index contributed by atoms with van der Waals surface area (Å²) in [5, 5.41) is 5.57. The number of benzene rings is 1. The molecule has 1 fully saturated rings. The van der Waals surface area contributed by atoms with Crippen molar-refractivity contribution in [2.75, 3.05) is 39.0 Å². The number of amides is 4. The fourth-order valence-corrected chi connectivity index (χ4v) is 2.24. The van der Waals surface area contributed by atoms with Gasteiger partial charge in [-0.1, -0.05) is 0 Å². The number of hydrogen-bond acceptors (Lipinski definition) is 4. The second kappa shape index (κ2) is 6.46. The summed E-state index contributed by atoms with van der Waals surface area (Å²) in [5.74, 6) is -0.338. The highest BCUT2D eigenvalue weighted by molar-refractivity contribution is 5.98. The summed E-state index contributed by atoms with van der Waals surface area (Å²) in [6, 6.07) is 4.94. The molecule has 118 valence electrons. The summed E-state index contributed by atoms with van der Waals surface area (Å²) in [6.07, 6.45) is 0.